The summed E-state index contributed by atoms with van der Waals surface area (Å²) in [4.78, 5) is 21.0. The number of nitrogens with one attached hydrogen (secondary N) is 1. The lowest BCUT2D eigenvalue weighted by atomic mass is 10.2. The van der Waals surface area contributed by atoms with E-state index >= 15 is 0 Å². The molecule has 1 aromatic heterocycles. The topological polar surface area (TPSA) is 48.5 Å². The van der Waals surface area contributed by atoms with Crippen molar-refractivity contribution >= 4 is 17.3 Å². The van der Waals surface area contributed by atoms with E-state index in [2.05, 4.69) is 20.1 Å². The highest BCUT2D eigenvalue weighted by molar-refractivity contribution is 5.94. The first-order valence-corrected chi connectivity index (χ1v) is 9.72. The smallest absolute Gasteiger partial charge is 0.253 e. The highest BCUT2D eigenvalue weighted by Gasteiger charge is 2.20. The third kappa shape index (κ3) is 4.54. The number of nitrogens with zero attached hydrogens (tertiary/aromatic N) is 3. The second-order valence-corrected chi connectivity index (χ2v) is 7.03. The number of rotatable bonds is 5. The summed E-state index contributed by atoms with van der Waals surface area (Å²) in [6.45, 7) is 3.39. The van der Waals surface area contributed by atoms with Crippen LogP contribution in [0, 0.1) is 5.82 Å². The van der Waals surface area contributed by atoms with Gasteiger partial charge in [0.25, 0.3) is 5.91 Å². The number of aromatic nitrogens is 1. The number of carbonyl (C=O) groups is 1. The van der Waals surface area contributed by atoms with E-state index in [0.29, 0.717) is 30.9 Å². The predicted molar refractivity (Wildman–Crippen MR) is 113 cm³/mol. The number of para-hydroxylation sites is 1. The monoisotopic (exact) mass is 390 g/mol. The molecule has 1 aliphatic heterocycles. The average Bonchev–Trinajstić information content (AvgIpc) is 2.79. The van der Waals surface area contributed by atoms with Crippen molar-refractivity contribution in [1.82, 2.24) is 10.3 Å². The Morgan fingerprint density at radius 1 is 0.931 bits per heavy atom. The number of pyridine rings is 1. The van der Waals surface area contributed by atoms with E-state index in [1.807, 2.05) is 48.5 Å². The highest BCUT2D eigenvalue weighted by atomic mass is 19.1. The molecule has 2 aromatic carbocycles. The molecule has 0 saturated carbocycles. The maximum Gasteiger partial charge on any atom is 0.253 e. The van der Waals surface area contributed by atoms with E-state index in [1.165, 1.54) is 6.07 Å². The van der Waals surface area contributed by atoms with Crippen LogP contribution in [-0.4, -0.2) is 37.1 Å². The largest absolute Gasteiger partial charge is 0.367 e. The molecule has 148 valence electrons. The molecule has 0 radical (unpaired) electrons. The van der Waals surface area contributed by atoms with Crippen molar-refractivity contribution < 1.29 is 9.18 Å². The van der Waals surface area contributed by atoms with E-state index in [9.17, 15) is 9.18 Å². The quantitative estimate of drug-likeness (QED) is 0.725. The third-order valence-electron chi connectivity index (χ3n) is 5.12. The van der Waals surface area contributed by atoms with E-state index in [4.69, 9.17) is 0 Å². The van der Waals surface area contributed by atoms with Crippen molar-refractivity contribution in [2.75, 3.05) is 36.0 Å². The van der Waals surface area contributed by atoms with Crippen LogP contribution >= 0.6 is 0 Å². The summed E-state index contributed by atoms with van der Waals surface area (Å²) in [5, 5.41) is 2.93. The fourth-order valence-corrected chi connectivity index (χ4v) is 3.52. The summed E-state index contributed by atoms with van der Waals surface area (Å²) in [5.41, 5.74) is 3.13. The first-order valence-electron chi connectivity index (χ1n) is 9.72. The van der Waals surface area contributed by atoms with Gasteiger partial charge < -0.3 is 15.1 Å². The Morgan fingerprint density at radius 3 is 2.38 bits per heavy atom. The van der Waals surface area contributed by atoms with Crippen LogP contribution in [0.3, 0.4) is 0 Å². The van der Waals surface area contributed by atoms with Gasteiger partial charge in [-0.25, -0.2) is 4.39 Å². The van der Waals surface area contributed by atoms with Crippen molar-refractivity contribution in [3.8, 4) is 0 Å². The van der Waals surface area contributed by atoms with E-state index in [1.54, 1.807) is 18.5 Å². The van der Waals surface area contributed by atoms with E-state index < -0.39 is 0 Å². The normalized spacial score (nSPS) is 14.0. The average molecular weight is 390 g/mol. The maximum atomic E-state index is 14.0. The van der Waals surface area contributed by atoms with Gasteiger partial charge in [0.05, 0.1) is 23.1 Å². The zero-order valence-corrected chi connectivity index (χ0v) is 16.1. The number of hydrogen-bond acceptors (Lipinski definition) is 4. The number of carbonyl (C=O) groups excluding carboxylic acids is 1. The standard InChI is InChI=1S/C23H23FN4O/c24-21-8-4-5-9-22(21)28-12-10-27(11-13-28)20-14-19(16-25-17-20)23(29)26-15-18-6-2-1-3-7-18/h1-9,14,16-17H,10-13,15H2,(H,26,29). The minimum absolute atomic E-state index is 0.145. The van der Waals surface area contributed by atoms with Crippen molar-refractivity contribution in [2.45, 2.75) is 6.54 Å². The molecular formula is C23H23FN4O. The molecule has 0 atom stereocenters. The Kier molecular flexibility index (Phi) is 5.70. The molecule has 1 fully saturated rings. The molecular weight excluding hydrogens is 367 g/mol. The molecule has 0 bridgehead atoms. The molecule has 5 nitrogen and oxygen atoms in total. The highest BCUT2D eigenvalue weighted by Crippen LogP contribution is 2.23. The lowest BCUT2D eigenvalue weighted by molar-refractivity contribution is 0.0950. The van der Waals surface area contributed by atoms with Crippen LogP contribution in [0.5, 0.6) is 0 Å². The second kappa shape index (κ2) is 8.73. The van der Waals surface area contributed by atoms with Crippen molar-refractivity contribution in [2.24, 2.45) is 0 Å². The van der Waals surface area contributed by atoms with Gasteiger partial charge in [-0.15, -0.1) is 0 Å². The van der Waals surface area contributed by atoms with Crippen LogP contribution in [-0.2, 0) is 6.54 Å². The molecule has 2 heterocycles. The summed E-state index contributed by atoms with van der Waals surface area (Å²) >= 11 is 0. The summed E-state index contributed by atoms with van der Waals surface area (Å²) in [6, 6.07) is 18.5. The zero-order chi connectivity index (χ0) is 20.1. The van der Waals surface area contributed by atoms with Crippen LogP contribution in [0.1, 0.15) is 15.9 Å². The van der Waals surface area contributed by atoms with Gasteiger partial charge in [-0.2, -0.15) is 0 Å². The van der Waals surface area contributed by atoms with Gasteiger partial charge in [-0.05, 0) is 23.8 Å². The second-order valence-electron chi connectivity index (χ2n) is 7.03. The first kappa shape index (κ1) is 18.9. The third-order valence-corrected chi connectivity index (χ3v) is 5.12. The number of anilines is 2. The summed E-state index contributed by atoms with van der Waals surface area (Å²) in [6.07, 6.45) is 3.35. The molecule has 6 heteroatoms. The van der Waals surface area contributed by atoms with Crippen molar-refractivity contribution in [3.05, 3.63) is 90.0 Å². The van der Waals surface area contributed by atoms with Crippen LogP contribution in [0.25, 0.3) is 0 Å². The lowest BCUT2D eigenvalue weighted by Crippen LogP contribution is -2.47. The Hall–Kier alpha value is -3.41. The Bertz CT molecular complexity index is 971. The SMILES string of the molecule is O=C(NCc1ccccc1)c1cncc(N2CCN(c3ccccc3F)CC2)c1. The van der Waals surface area contributed by atoms with Gasteiger partial charge in [-0.1, -0.05) is 42.5 Å². The molecule has 29 heavy (non-hydrogen) atoms. The Labute approximate surface area is 169 Å². The van der Waals surface area contributed by atoms with E-state index in [0.717, 1.165) is 24.3 Å². The lowest BCUT2D eigenvalue weighted by Gasteiger charge is -2.37. The fourth-order valence-electron chi connectivity index (χ4n) is 3.52. The Balaban J connectivity index is 1.38. The van der Waals surface area contributed by atoms with Crippen LogP contribution in [0.2, 0.25) is 0 Å². The fraction of sp³-hybridized carbons (Fsp3) is 0.217. The predicted octanol–water partition coefficient (Wildman–Crippen LogP) is 3.48. The van der Waals surface area contributed by atoms with Crippen LogP contribution < -0.4 is 15.1 Å². The van der Waals surface area contributed by atoms with Crippen LogP contribution in [0.4, 0.5) is 15.8 Å². The van der Waals surface area contributed by atoms with Crippen LogP contribution in [0.15, 0.2) is 73.1 Å². The summed E-state index contributed by atoms with van der Waals surface area (Å²) in [7, 11) is 0. The number of hydrogen-bond donors (Lipinski definition) is 1. The minimum Gasteiger partial charge on any atom is -0.367 e. The first-order chi connectivity index (χ1) is 14.2. The number of amides is 1. The van der Waals surface area contributed by atoms with E-state index in [-0.39, 0.29) is 11.7 Å². The molecule has 1 aliphatic rings. The molecule has 0 unspecified atom stereocenters. The number of halogens is 1. The summed E-state index contributed by atoms with van der Waals surface area (Å²) < 4.78 is 14.0. The van der Waals surface area contributed by atoms with Gasteiger partial charge >= 0.3 is 0 Å². The van der Waals surface area contributed by atoms with Gasteiger partial charge in [0, 0.05) is 38.9 Å². The molecule has 0 spiro atoms. The number of benzene rings is 2. The van der Waals surface area contributed by atoms with Crippen molar-refractivity contribution in [1.29, 1.82) is 0 Å². The molecule has 0 aliphatic carbocycles. The Morgan fingerprint density at radius 2 is 1.62 bits per heavy atom. The van der Waals surface area contributed by atoms with Gasteiger partial charge in [0.1, 0.15) is 5.82 Å². The molecule has 3 aromatic rings. The van der Waals surface area contributed by atoms with Gasteiger partial charge in [0.15, 0.2) is 0 Å². The minimum atomic E-state index is -0.195. The van der Waals surface area contributed by atoms with Gasteiger partial charge in [-0.3, -0.25) is 9.78 Å². The number of piperazine rings is 1. The molecule has 1 amide bonds. The van der Waals surface area contributed by atoms with Crippen molar-refractivity contribution in [3.63, 3.8) is 0 Å². The molecule has 1 N–H and O–H groups in total. The molecule has 1 saturated heterocycles. The zero-order valence-electron chi connectivity index (χ0n) is 16.1. The van der Waals surface area contributed by atoms with Gasteiger partial charge in [0.2, 0.25) is 0 Å². The summed E-state index contributed by atoms with van der Waals surface area (Å²) in [5.74, 6) is -0.340. The maximum absolute atomic E-state index is 14.0. The molecule has 4 rings (SSSR count).